The van der Waals surface area contributed by atoms with Crippen molar-refractivity contribution in [2.24, 2.45) is 0 Å². The van der Waals surface area contributed by atoms with Gasteiger partial charge in [-0.25, -0.2) is 28.1 Å². The first-order valence-electron chi connectivity index (χ1n) is 8.51. The number of nitrogen functional groups attached to an aromatic ring is 1. The minimum atomic E-state index is -3.25. The van der Waals surface area contributed by atoms with Crippen LogP contribution in [-0.4, -0.2) is 34.2 Å². The maximum Gasteiger partial charge on any atom is 0.209 e. The Morgan fingerprint density at radius 2 is 1.75 bits per heavy atom. The number of hydrogen-bond acceptors (Lipinski definition) is 6. The highest BCUT2D eigenvalue weighted by atomic mass is 32.2. The molecule has 142 valence electrons. The summed E-state index contributed by atoms with van der Waals surface area (Å²) in [6.07, 6.45) is 4.48. The first-order chi connectivity index (χ1) is 13.4. The number of nitrogens with zero attached hydrogens (tertiary/aromatic N) is 4. The average molecular weight is 394 g/mol. The number of fused-ring (bicyclic) bond motifs is 1. The Kier molecular flexibility index (Phi) is 4.54. The zero-order chi connectivity index (χ0) is 19.7. The highest BCUT2D eigenvalue weighted by Gasteiger charge is 2.17. The van der Waals surface area contributed by atoms with Crippen LogP contribution in [-0.2, 0) is 16.6 Å². The largest absolute Gasteiger partial charge is 0.383 e. The minimum absolute atomic E-state index is 0.227. The molecule has 0 bridgehead atoms. The van der Waals surface area contributed by atoms with Crippen LogP contribution in [0.5, 0.6) is 0 Å². The van der Waals surface area contributed by atoms with Crippen molar-refractivity contribution in [1.82, 2.24) is 24.2 Å². The number of imidazole rings is 1. The van der Waals surface area contributed by atoms with E-state index in [1.165, 1.54) is 0 Å². The fraction of sp³-hybridized carbons (Fsp3) is 0.105. The molecule has 0 atom stereocenters. The van der Waals surface area contributed by atoms with E-state index in [1.54, 1.807) is 12.4 Å². The summed E-state index contributed by atoms with van der Waals surface area (Å²) >= 11 is 0. The van der Waals surface area contributed by atoms with Gasteiger partial charge in [0, 0.05) is 24.6 Å². The van der Waals surface area contributed by atoms with Crippen molar-refractivity contribution in [2.45, 2.75) is 6.54 Å². The number of nitrogens with one attached hydrogen (secondary N) is 1. The maximum absolute atomic E-state index is 11.3. The molecule has 0 saturated carbocycles. The van der Waals surface area contributed by atoms with E-state index in [-0.39, 0.29) is 6.54 Å². The molecule has 1 aromatic carbocycles. The Balaban J connectivity index is 1.82. The normalized spacial score (nSPS) is 11.8. The molecule has 0 saturated heterocycles. The van der Waals surface area contributed by atoms with Gasteiger partial charge in [-0.1, -0.05) is 12.1 Å². The molecule has 0 fully saturated rings. The van der Waals surface area contributed by atoms with Crippen LogP contribution < -0.4 is 10.5 Å². The summed E-state index contributed by atoms with van der Waals surface area (Å²) in [5, 5.41) is 0. The number of hydrogen-bond donors (Lipinski definition) is 2. The standard InChI is InChI=1S/C19H18N6O2S/c1-28(26,27)23-12-13-6-8-14(9-7-13)25-18(15-4-2-10-21-17(15)20)24-16-5-3-11-22-19(16)25/h2-11,23H,12H2,1H3,(H2,20,21). The van der Waals surface area contributed by atoms with Gasteiger partial charge in [0.1, 0.15) is 11.3 Å². The lowest BCUT2D eigenvalue weighted by molar-refractivity contribution is 0.587. The highest BCUT2D eigenvalue weighted by molar-refractivity contribution is 7.88. The van der Waals surface area contributed by atoms with Gasteiger partial charge >= 0.3 is 0 Å². The number of sulfonamides is 1. The van der Waals surface area contributed by atoms with E-state index in [4.69, 9.17) is 10.7 Å². The first-order valence-corrected chi connectivity index (χ1v) is 10.4. The summed E-state index contributed by atoms with van der Waals surface area (Å²) in [5.41, 5.74) is 9.90. The van der Waals surface area contributed by atoms with Crippen LogP contribution >= 0.6 is 0 Å². The molecule has 0 aliphatic heterocycles. The summed E-state index contributed by atoms with van der Waals surface area (Å²) < 4.78 is 27.0. The number of benzene rings is 1. The number of pyridine rings is 2. The van der Waals surface area contributed by atoms with E-state index < -0.39 is 10.0 Å². The Hall–Kier alpha value is -3.30. The topological polar surface area (TPSA) is 116 Å². The average Bonchev–Trinajstić information content (AvgIpc) is 3.06. The summed E-state index contributed by atoms with van der Waals surface area (Å²) in [7, 11) is -3.25. The van der Waals surface area contributed by atoms with Gasteiger partial charge in [-0.05, 0) is 42.0 Å². The van der Waals surface area contributed by atoms with Crippen LogP contribution in [0, 0.1) is 0 Å². The zero-order valence-corrected chi connectivity index (χ0v) is 15.9. The molecule has 0 amide bonds. The smallest absolute Gasteiger partial charge is 0.209 e. The third kappa shape index (κ3) is 3.57. The molecule has 4 aromatic rings. The molecule has 28 heavy (non-hydrogen) atoms. The third-order valence-electron chi connectivity index (χ3n) is 4.23. The summed E-state index contributed by atoms with van der Waals surface area (Å²) in [5.74, 6) is 1.02. The van der Waals surface area contributed by atoms with Gasteiger partial charge in [-0.2, -0.15) is 0 Å². The Labute approximate surface area is 162 Å². The van der Waals surface area contributed by atoms with E-state index in [9.17, 15) is 8.42 Å². The van der Waals surface area contributed by atoms with E-state index in [2.05, 4.69) is 14.7 Å². The maximum atomic E-state index is 11.3. The number of rotatable bonds is 5. The van der Waals surface area contributed by atoms with Gasteiger partial charge in [0.25, 0.3) is 0 Å². The molecule has 4 rings (SSSR count). The van der Waals surface area contributed by atoms with E-state index in [0.29, 0.717) is 22.9 Å². The molecule has 3 aromatic heterocycles. The van der Waals surface area contributed by atoms with Crippen molar-refractivity contribution in [1.29, 1.82) is 0 Å². The Morgan fingerprint density at radius 3 is 2.46 bits per heavy atom. The predicted octanol–water partition coefficient (Wildman–Crippen LogP) is 2.11. The molecule has 0 aliphatic carbocycles. The molecule has 3 heterocycles. The molecule has 9 heteroatoms. The lowest BCUT2D eigenvalue weighted by atomic mass is 10.2. The van der Waals surface area contributed by atoms with Crippen LogP contribution in [0.4, 0.5) is 5.82 Å². The second-order valence-corrected chi connectivity index (χ2v) is 8.15. The third-order valence-corrected chi connectivity index (χ3v) is 4.90. The first kappa shape index (κ1) is 18.1. The molecule has 0 radical (unpaired) electrons. The lowest BCUT2D eigenvalue weighted by Gasteiger charge is -2.11. The number of anilines is 1. The van der Waals surface area contributed by atoms with Crippen molar-refractivity contribution >= 4 is 27.0 Å². The van der Waals surface area contributed by atoms with E-state index in [0.717, 1.165) is 23.0 Å². The van der Waals surface area contributed by atoms with Crippen LogP contribution in [0.2, 0.25) is 0 Å². The molecule has 0 aliphatic rings. The van der Waals surface area contributed by atoms with Gasteiger partial charge in [-0.3, -0.25) is 4.57 Å². The molecule has 8 nitrogen and oxygen atoms in total. The zero-order valence-electron chi connectivity index (χ0n) is 15.1. The van der Waals surface area contributed by atoms with Gasteiger partial charge < -0.3 is 5.73 Å². The van der Waals surface area contributed by atoms with Crippen LogP contribution in [0.25, 0.3) is 28.2 Å². The summed E-state index contributed by atoms with van der Waals surface area (Å²) in [6, 6.07) is 14.9. The van der Waals surface area contributed by atoms with Crippen molar-refractivity contribution in [3.8, 4) is 17.1 Å². The van der Waals surface area contributed by atoms with Crippen molar-refractivity contribution in [2.75, 3.05) is 12.0 Å². The Bertz CT molecular complexity index is 1250. The molecular formula is C19H18N6O2S. The quantitative estimate of drug-likeness (QED) is 0.536. The Morgan fingerprint density at radius 1 is 1.04 bits per heavy atom. The SMILES string of the molecule is CS(=O)(=O)NCc1ccc(-n2c(-c3cccnc3N)nc3cccnc32)cc1. The second-order valence-electron chi connectivity index (χ2n) is 6.31. The predicted molar refractivity (Wildman–Crippen MR) is 108 cm³/mol. The van der Waals surface area contributed by atoms with Crippen molar-refractivity contribution < 1.29 is 8.42 Å². The van der Waals surface area contributed by atoms with E-state index in [1.807, 2.05) is 53.1 Å². The molecule has 0 spiro atoms. The monoisotopic (exact) mass is 394 g/mol. The number of nitrogens with two attached hydrogens (primary N) is 1. The molecule has 0 unspecified atom stereocenters. The van der Waals surface area contributed by atoms with Gasteiger partial charge in [0.2, 0.25) is 10.0 Å². The molecule has 3 N–H and O–H groups in total. The molecular weight excluding hydrogens is 376 g/mol. The van der Waals surface area contributed by atoms with Gasteiger partial charge in [0.05, 0.1) is 11.8 Å². The fourth-order valence-corrected chi connectivity index (χ4v) is 3.35. The van der Waals surface area contributed by atoms with Gasteiger partial charge in [-0.15, -0.1) is 0 Å². The summed E-state index contributed by atoms with van der Waals surface area (Å²) in [4.78, 5) is 13.3. The fourth-order valence-electron chi connectivity index (χ4n) is 2.92. The highest BCUT2D eigenvalue weighted by Crippen LogP contribution is 2.29. The van der Waals surface area contributed by atoms with Crippen molar-refractivity contribution in [3.63, 3.8) is 0 Å². The van der Waals surface area contributed by atoms with Crippen LogP contribution in [0.3, 0.4) is 0 Å². The van der Waals surface area contributed by atoms with Crippen LogP contribution in [0.1, 0.15) is 5.56 Å². The van der Waals surface area contributed by atoms with Crippen molar-refractivity contribution in [3.05, 3.63) is 66.5 Å². The number of aromatic nitrogens is 4. The van der Waals surface area contributed by atoms with E-state index >= 15 is 0 Å². The van der Waals surface area contributed by atoms with Gasteiger partial charge in [0.15, 0.2) is 11.5 Å². The van der Waals surface area contributed by atoms with Crippen LogP contribution in [0.15, 0.2) is 60.9 Å². The lowest BCUT2D eigenvalue weighted by Crippen LogP contribution is -2.21. The summed E-state index contributed by atoms with van der Waals surface area (Å²) in [6.45, 7) is 0.227. The second kappa shape index (κ2) is 7.02. The minimum Gasteiger partial charge on any atom is -0.383 e.